The number of rotatable bonds is 2. The fourth-order valence-electron chi connectivity index (χ4n) is 3.01. The number of halogens is 1. The quantitative estimate of drug-likeness (QED) is 0.883. The summed E-state index contributed by atoms with van der Waals surface area (Å²) in [7, 11) is 0. The minimum absolute atomic E-state index is 0.0213. The monoisotopic (exact) mass is 264 g/mol. The molecule has 0 bridgehead atoms. The highest BCUT2D eigenvalue weighted by Gasteiger charge is 2.34. The van der Waals surface area contributed by atoms with Crippen LogP contribution in [-0.4, -0.2) is 31.1 Å². The number of piperazine rings is 1. The third-order valence-electron chi connectivity index (χ3n) is 3.79. The Morgan fingerprint density at radius 3 is 2.37 bits per heavy atom. The molecule has 0 saturated carbocycles. The van der Waals surface area contributed by atoms with Crippen molar-refractivity contribution in [3.63, 3.8) is 0 Å². The topological polar surface area (TPSA) is 15.3 Å². The van der Waals surface area contributed by atoms with E-state index < -0.39 is 0 Å². The van der Waals surface area contributed by atoms with Crippen molar-refractivity contribution in [2.75, 3.05) is 26.2 Å². The Kier molecular flexibility index (Phi) is 4.26. The van der Waals surface area contributed by atoms with Gasteiger partial charge in [-0.05, 0) is 24.0 Å². The smallest absolute Gasteiger partial charge is 0.128 e. The van der Waals surface area contributed by atoms with E-state index in [9.17, 15) is 4.39 Å². The summed E-state index contributed by atoms with van der Waals surface area (Å²) < 4.78 is 14.3. The molecule has 1 heterocycles. The number of nitrogens with zero attached hydrogens (tertiary/aromatic N) is 1. The van der Waals surface area contributed by atoms with Gasteiger partial charge < -0.3 is 5.32 Å². The second-order valence-electron chi connectivity index (χ2n) is 6.58. The molecule has 2 nitrogen and oxygen atoms in total. The number of hydrogen-bond acceptors (Lipinski definition) is 2. The average molecular weight is 264 g/mol. The molecule has 1 aromatic rings. The summed E-state index contributed by atoms with van der Waals surface area (Å²) in [6, 6.07) is 5.76. The molecule has 1 aliphatic rings. The first kappa shape index (κ1) is 14.5. The Morgan fingerprint density at radius 1 is 1.21 bits per heavy atom. The third-order valence-corrected chi connectivity index (χ3v) is 3.79. The maximum Gasteiger partial charge on any atom is 0.128 e. The van der Waals surface area contributed by atoms with E-state index in [0.29, 0.717) is 0 Å². The lowest BCUT2D eigenvalue weighted by Crippen LogP contribution is -2.48. The molecular weight excluding hydrogens is 239 g/mol. The van der Waals surface area contributed by atoms with E-state index in [4.69, 9.17) is 0 Å². The summed E-state index contributed by atoms with van der Waals surface area (Å²) in [6.45, 7) is 12.4. The van der Waals surface area contributed by atoms with Crippen LogP contribution in [-0.2, 0) is 0 Å². The van der Waals surface area contributed by atoms with Gasteiger partial charge in [-0.2, -0.15) is 0 Å². The Hall–Kier alpha value is -0.930. The van der Waals surface area contributed by atoms with Crippen LogP contribution in [0.2, 0.25) is 0 Å². The fraction of sp³-hybridized carbons (Fsp3) is 0.625. The Balaban J connectivity index is 2.36. The summed E-state index contributed by atoms with van der Waals surface area (Å²) in [5.74, 6) is -0.0709. The Bertz CT molecular complexity index is 431. The highest BCUT2D eigenvalue weighted by atomic mass is 19.1. The zero-order valence-corrected chi connectivity index (χ0v) is 12.5. The highest BCUT2D eigenvalue weighted by molar-refractivity contribution is 5.27. The maximum atomic E-state index is 14.3. The predicted octanol–water partition coefficient (Wildman–Crippen LogP) is 3.13. The Labute approximate surface area is 116 Å². The molecule has 0 unspecified atom stereocenters. The van der Waals surface area contributed by atoms with Crippen molar-refractivity contribution < 1.29 is 4.39 Å². The van der Waals surface area contributed by atoms with E-state index in [1.165, 1.54) is 0 Å². The van der Waals surface area contributed by atoms with E-state index in [0.717, 1.165) is 37.3 Å². The zero-order chi connectivity index (χ0) is 14.0. The van der Waals surface area contributed by atoms with E-state index >= 15 is 0 Å². The van der Waals surface area contributed by atoms with E-state index in [1.54, 1.807) is 6.07 Å². The van der Waals surface area contributed by atoms with Gasteiger partial charge in [0.15, 0.2) is 0 Å². The van der Waals surface area contributed by atoms with Crippen molar-refractivity contribution >= 4 is 0 Å². The minimum atomic E-state index is -0.0709. The molecule has 0 amide bonds. The van der Waals surface area contributed by atoms with Crippen molar-refractivity contribution in [2.45, 2.75) is 33.7 Å². The molecule has 0 aromatic heterocycles. The standard InChI is InChI=1S/C16H25FN2/c1-12-5-6-13(14(17)11-12)15(16(2,3)4)19-9-7-18-8-10-19/h5-6,11,15,18H,7-10H2,1-4H3/t15-/m0/s1. The van der Waals surface area contributed by atoms with Gasteiger partial charge in [-0.3, -0.25) is 4.90 Å². The van der Waals surface area contributed by atoms with Crippen LogP contribution in [0.1, 0.15) is 37.9 Å². The molecule has 0 aliphatic carbocycles. The summed E-state index contributed by atoms with van der Waals surface area (Å²) >= 11 is 0. The molecule has 1 atom stereocenters. The highest BCUT2D eigenvalue weighted by Crippen LogP contribution is 2.39. The number of aryl methyl sites for hydroxylation is 1. The Morgan fingerprint density at radius 2 is 1.84 bits per heavy atom. The largest absolute Gasteiger partial charge is 0.314 e. The summed E-state index contributed by atoms with van der Waals surface area (Å²) in [5.41, 5.74) is 1.84. The molecule has 19 heavy (non-hydrogen) atoms. The normalized spacial score (nSPS) is 19.4. The molecule has 1 saturated heterocycles. The van der Waals surface area contributed by atoms with Gasteiger partial charge in [0.2, 0.25) is 0 Å². The first-order valence-electron chi connectivity index (χ1n) is 7.10. The molecule has 1 N–H and O–H groups in total. The lowest BCUT2D eigenvalue weighted by Gasteiger charge is -2.42. The molecule has 106 valence electrons. The van der Waals surface area contributed by atoms with Crippen LogP contribution in [0.5, 0.6) is 0 Å². The van der Waals surface area contributed by atoms with Crippen LogP contribution < -0.4 is 5.32 Å². The van der Waals surface area contributed by atoms with E-state index in [-0.39, 0.29) is 17.3 Å². The van der Waals surface area contributed by atoms with Crippen molar-refractivity contribution in [1.82, 2.24) is 10.2 Å². The zero-order valence-electron chi connectivity index (χ0n) is 12.5. The molecule has 1 aliphatic heterocycles. The third kappa shape index (κ3) is 3.34. The second-order valence-corrected chi connectivity index (χ2v) is 6.58. The lowest BCUT2D eigenvalue weighted by atomic mass is 9.80. The van der Waals surface area contributed by atoms with Gasteiger partial charge in [0.1, 0.15) is 5.82 Å². The first-order chi connectivity index (χ1) is 8.89. The van der Waals surface area contributed by atoms with E-state index in [2.05, 4.69) is 31.0 Å². The minimum Gasteiger partial charge on any atom is -0.314 e. The van der Waals surface area contributed by atoms with Gasteiger partial charge in [-0.25, -0.2) is 4.39 Å². The lowest BCUT2D eigenvalue weighted by molar-refractivity contribution is 0.0834. The predicted molar refractivity (Wildman–Crippen MR) is 77.8 cm³/mol. The van der Waals surface area contributed by atoms with Crippen LogP contribution in [0.3, 0.4) is 0 Å². The van der Waals surface area contributed by atoms with Crippen molar-refractivity contribution in [2.24, 2.45) is 5.41 Å². The number of hydrogen-bond donors (Lipinski definition) is 1. The molecule has 0 radical (unpaired) electrons. The maximum absolute atomic E-state index is 14.3. The molecular formula is C16H25FN2. The molecule has 1 fully saturated rings. The fourth-order valence-corrected chi connectivity index (χ4v) is 3.01. The van der Waals surface area contributed by atoms with Crippen LogP contribution >= 0.6 is 0 Å². The number of benzene rings is 1. The van der Waals surface area contributed by atoms with E-state index in [1.807, 2.05) is 19.1 Å². The van der Waals surface area contributed by atoms with Crippen LogP contribution in [0.25, 0.3) is 0 Å². The van der Waals surface area contributed by atoms with Crippen LogP contribution in [0.15, 0.2) is 18.2 Å². The SMILES string of the molecule is Cc1ccc([C@H](N2CCNCC2)C(C)(C)C)c(F)c1. The number of nitrogens with one attached hydrogen (secondary N) is 1. The molecule has 3 heteroatoms. The van der Waals surface area contributed by atoms with Crippen molar-refractivity contribution in [3.05, 3.63) is 35.1 Å². The summed E-state index contributed by atoms with van der Waals surface area (Å²) in [5, 5.41) is 3.36. The molecule has 1 aromatic carbocycles. The van der Waals surface area contributed by atoms with Crippen LogP contribution in [0, 0.1) is 18.2 Å². The van der Waals surface area contributed by atoms with Crippen molar-refractivity contribution in [3.8, 4) is 0 Å². The van der Waals surface area contributed by atoms with Gasteiger partial charge >= 0.3 is 0 Å². The second kappa shape index (κ2) is 5.59. The molecule has 2 rings (SSSR count). The van der Waals surface area contributed by atoms with Gasteiger partial charge in [-0.1, -0.05) is 32.9 Å². The van der Waals surface area contributed by atoms with Crippen molar-refractivity contribution in [1.29, 1.82) is 0 Å². The summed E-state index contributed by atoms with van der Waals surface area (Å²) in [6.07, 6.45) is 0. The van der Waals surface area contributed by atoms with Gasteiger partial charge in [0, 0.05) is 37.8 Å². The molecule has 0 spiro atoms. The first-order valence-corrected chi connectivity index (χ1v) is 7.10. The average Bonchev–Trinajstić information content (AvgIpc) is 2.32. The van der Waals surface area contributed by atoms with Gasteiger partial charge in [0.25, 0.3) is 0 Å². The summed E-state index contributed by atoms with van der Waals surface area (Å²) in [4.78, 5) is 2.41. The van der Waals surface area contributed by atoms with Crippen LogP contribution in [0.4, 0.5) is 4.39 Å². The van der Waals surface area contributed by atoms with Gasteiger partial charge in [0.05, 0.1) is 0 Å². The van der Waals surface area contributed by atoms with Gasteiger partial charge in [-0.15, -0.1) is 0 Å².